The van der Waals surface area contributed by atoms with E-state index in [9.17, 15) is 13.2 Å². The van der Waals surface area contributed by atoms with Crippen LogP contribution in [0.15, 0.2) is 24.3 Å². The van der Waals surface area contributed by atoms with Crippen LogP contribution in [-0.2, 0) is 6.18 Å². The molecule has 0 aromatic heterocycles. The van der Waals surface area contributed by atoms with Gasteiger partial charge in [-0.15, -0.1) is 0 Å². The molecule has 0 heterocycles. The number of alkyl halides is 3. The summed E-state index contributed by atoms with van der Waals surface area (Å²) in [6.07, 6.45) is -2.38. The lowest BCUT2D eigenvalue weighted by Crippen LogP contribution is -2.29. The van der Waals surface area contributed by atoms with Gasteiger partial charge in [-0.25, -0.2) is 0 Å². The molecule has 0 aliphatic rings. The lowest BCUT2D eigenvalue weighted by Gasteiger charge is -2.15. The molecule has 0 radical (unpaired) electrons. The van der Waals surface area contributed by atoms with Crippen LogP contribution < -0.4 is 11.3 Å². The highest BCUT2D eigenvalue weighted by molar-refractivity contribution is 7.98. The van der Waals surface area contributed by atoms with E-state index >= 15 is 0 Å². The molecule has 0 aliphatic heterocycles. The van der Waals surface area contributed by atoms with Gasteiger partial charge in [0.2, 0.25) is 0 Å². The van der Waals surface area contributed by atoms with Crippen LogP contribution in [0.4, 0.5) is 13.2 Å². The van der Waals surface area contributed by atoms with E-state index in [4.69, 9.17) is 5.84 Å². The number of benzene rings is 1. The number of rotatable bonds is 4. The molecule has 1 rings (SSSR count). The Balaban J connectivity index is 2.85. The summed E-state index contributed by atoms with van der Waals surface area (Å²) < 4.78 is 36.9. The van der Waals surface area contributed by atoms with E-state index in [1.54, 1.807) is 11.8 Å². The summed E-state index contributed by atoms with van der Waals surface area (Å²) in [5.41, 5.74) is 2.69. The van der Waals surface area contributed by atoms with E-state index in [1.807, 2.05) is 6.26 Å². The highest BCUT2D eigenvalue weighted by Crippen LogP contribution is 2.30. The van der Waals surface area contributed by atoms with Crippen molar-refractivity contribution in [3.05, 3.63) is 35.4 Å². The fourth-order valence-corrected chi connectivity index (χ4v) is 1.93. The van der Waals surface area contributed by atoms with Crippen LogP contribution in [-0.4, -0.2) is 12.0 Å². The van der Waals surface area contributed by atoms with E-state index in [0.717, 1.165) is 17.7 Å². The standard InChI is InChI=1S/C10H13F3N2S/c1-16-6-9(15-14)7-2-4-8(5-3-7)10(11,12)13/h2-5,9,15H,6,14H2,1H3. The minimum Gasteiger partial charge on any atom is -0.271 e. The Morgan fingerprint density at radius 1 is 1.31 bits per heavy atom. The van der Waals surface area contributed by atoms with Crippen molar-refractivity contribution < 1.29 is 13.2 Å². The quantitative estimate of drug-likeness (QED) is 0.637. The molecule has 0 saturated carbocycles. The van der Waals surface area contributed by atoms with Crippen LogP contribution in [0.1, 0.15) is 17.2 Å². The molecular formula is C10H13F3N2S. The lowest BCUT2D eigenvalue weighted by molar-refractivity contribution is -0.137. The second-order valence-electron chi connectivity index (χ2n) is 3.29. The highest BCUT2D eigenvalue weighted by atomic mass is 32.2. The van der Waals surface area contributed by atoms with Crippen molar-refractivity contribution in [2.75, 3.05) is 12.0 Å². The molecule has 16 heavy (non-hydrogen) atoms. The van der Waals surface area contributed by atoms with E-state index in [2.05, 4.69) is 5.43 Å². The number of hydrogen-bond donors (Lipinski definition) is 2. The van der Waals surface area contributed by atoms with Crippen LogP contribution in [0.25, 0.3) is 0 Å². The van der Waals surface area contributed by atoms with E-state index in [-0.39, 0.29) is 6.04 Å². The summed E-state index contributed by atoms with van der Waals surface area (Å²) in [5, 5.41) is 0. The predicted octanol–water partition coefficient (Wildman–Crippen LogP) is 2.57. The van der Waals surface area contributed by atoms with Gasteiger partial charge in [-0.05, 0) is 24.0 Å². The lowest BCUT2D eigenvalue weighted by atomic mass is 10.1. The average molecular weight is 250 g/mol. The maximum atomic E-state index is 12.3. The fourth-order valence-electron chi connectivity index (χ4n) is 1.31. The number of hydrazine groups is 1. The van der Waals surface area contributed by atoms with Gasteiger partial charge in [-0.1, -0.05) is 12.1 Å². The Bertz CT molecular complexity index is 324. The van der Waals surface area contributed by atoms with Crippen molar-refractivity contribution in [1.29, 1.82) is 0 Å². The first-order chi connectivity index (χ1) is 7.49. The Morgan fingerprint density at radius 2 is 1.88 bits per heavy atom. The number of hydrogen-bond acceptors (Lipinski definition) is 3. The molecule has 1 unspecified atom stereocenters. The summed E-state index contributed by atoms with van der Waals surface area (Å²) in [6.45, 7) is 0. The van der Waals surface area contributed by atoms with Gasteiger partial charge < -0.3 is 0 Å². The van der Waals surface area contributed by atoms with Gasteiger partial charge in [-0.2, -0.15) is 24.9 Å². The van der Waals surface area contributed by atoms with Crippen LogP contribution in [0, 0.1) is 0 Å². The molecule has 90 valence electrons. The molecule has 1 aromatic carbocycles. The van der Waals surface area contributed by atoms with Crippen molar-refractivity contribution in [3.8, 4) is 0 Å². The summed E-state index contributed by atoms with van der Waals surface area (Å²) in [4.78, 5) is 0. The predicted molar refractivity (Wildman–Crippen MR) is 59.9 cm³/mol. The molecular weight excluding hydrogens is 237 g/mol. The topological polar surface area (TPSA) is 38.0 Å². The number of halogens is 3. The first-order valence-electron chi connectivity index (χ1n) is 4.61. The second-order valence-corrected chi connectivity index (χ2v) is 4.21. The summed E-state index contributed by atoms with van der Waals surface area (Å²) in [5.74, 6) is 6.04. The zero-order chi connectivity index (χ0) is 12.2. The van der Waals surface area contributed by atoms with Gasteiger partial charge in [0.15, 0.2) is 0 Å². The van der Waals surface area contributed by atoms with Crippen molar-refractivity contribution >= 4 is 11.8 Å². The summed E-state index contributed by atoms with van der Waals surface area (Å²) >= 11 is 1.57. The van der Waals surface area contributed by atoms with Gasteiger partial charge in [0.25, 0.3) is 0 Å². The van der Waals surface area contributed by atoms with Gasteiger partial charge >= 0.3 is 6.18 Å². The molecule has 1 aromatic rings. The monoisotopic (exact) mass is 250 g/mol. The first kappa shape index (κ1) is 13.3. The average Bonchev–Trinajstić information content (AvgIpc) is 2.25. The van der Waals surface area contributed by atoms with Gasteiger partial charge in [0.1, 0.15) is 0 Å². The van der Waals surface area contributed by atoms with E-state index in [1.165, 1.54) is 12.1 Å². The summed E-state index contributed by atoms with van der Waals surface area (Å²) in [7, 11) is 0. The molecule has 6 heteroatoms. The molecule has 0 saturated heterocycles. The van der Waals surface area contributed by atoms with Crippen molar-refractivity contribution in [3.63, 3.8) is 0 Å². The minimum absolute atomic E-state index is 0.128. The SMILES string of the molecule is CSCC(NN)c1ccc(C(F)(F)F)cc1. The van der Waals surface area contributed by atoms with Crippen molar-refractivity contribution in [2.24, 2.45) is 5.84 Å². The molecule has 0 spiro atoms. The second kappa shape index (κ2) is 5.56. The molecule has 0 aliphatic carbocycles. The third-order valence-electron chi connectivity index (χ3n) is 2.17. The van der Waals surface area contributed by atoms with Crippen LogP contribution in [0.3, 0.4) is 0 Å². The van der Waals surface area contributed by atoms with Crippen molar-refractivity contribution in [1.82, 2.24) is 5.43 Å². The minimum atomic E-state index is -4.29. The maximum Gasteiger partial charge on any atom is 0.416 e. The van der Waals surface area contributed by atoms with E-state index in [0.29, 0.717) is 5.75 Å². The maximum absolute atomic E-state index is 12.3. The highest BCUT2D eigenvalue weighted by Gasteiger charge is 2.30. The third kappa shape index (κ3) is 3.40. The molecule has 3 N–H and O–H groups in total. The Hall–Kier alpha value is -0.720. The third-order valence-corrected chi connectivity index (χ3v) is 2.84. The fraction of sp³-hybridized carbons (Fsp3) is 0.400. The van der Waals surface area contributed by atoms with Crippen LogP contribution in [0.2, 0.25) is 0 Å². The summed E-state index contributed by atoms with van der Waals surface area (Å²) in [6, 6.07) is 4.91. The smallest absolute Gasteiger partial charge is 0.271 e. The zero-order valence-corrected chi connectivity index (χ0v) is 9.53. The molecule has 0 amide bonds. The normalized spacial score (nSPS) is 13.8. The number of nitrogens with one attached hydrogen (secondary N) is 1. The molecule has 0 bridgehead atoms. The van der Waals surface area contributed by atoms with E-state index < -0.39 is 11.7 Å². The molecule has 0 fully saturated rings. The number of thioether (sulfide) groups is 1. The Labute approximate surface area is 96.4 Å². The van der Waals surface area contributed by atoms with Crippen LogP contribution >= 0.6 is 11.8 Å². The van der Waals surface area contributed by atoms with Crippen LogP contribution in [0.5, 0.6) is 0 Å². The van der Waals surface area contributed by atoms with Gasteiger partial charge in [-0.3, -0.25) is 11.3 Å². The van der Waals surface area contributed by atoms with Crippen molar-refractivity contribution in [2.45, 2.75) is 12.2 Å². The largest absolute Gasteiger partial charge is 0.416 e. The Morgan fingerprint density at radius 3 is 2.25 bits per heavy atom. The molecule has 2 nitrogen and oxygen atoms in total. The van der Waals surface area contributed by atoms with Gasteiger partial charge in [0.05, 0.1) is 11.6 Å². The Kier molecular flexibility index (Phi) is 4.64. The first-order valence-corrected chi connectivity index (χ1v) is 6.00. The number of nitrogens with two attached hydrogens (primary N) is 1. The van der Waals surface area contributed by atoms with Gasteiger partial charge in [0, 0.05) is 5.75 Å². The zero-order valence-electron chi connectivity index (χ0n) is 8.71. The molecule has 1 atom stereocenters.